The number of fused-ring (bicyclic) bond motifs is 1. The fourth-order valence-electron chi connectivity index (χ4n) is 3.87. The average Bonchev–Trinajstić information content (AvgIpc) is 3.03. The molecule has 21 heavy (non-hydrogen) atoms. The van der Waals surface area contributed by atoms with Crippen molar-refractivity contribution in [1.82, 2.24) is 4.98 Å². The number of nitrogens with zero attached hydrogens (tertiary/aromatic N) is 1. The standard InChI is InChI=1S/C18H26N2S/c1-13(2)11-18(9-4-5-10-18)12-19-17-20-16-14(3)7-6-8-15(16)21-17/h6-8,13H,4-5,9-12H2,1-3H3,(H,19,20). The molecule has 0 bridgehead atoms. The van der Waals surface area contributed by atoms with Crippen LogP contribution in [0.25, 0.3) is 10.2 Å². The molecule has 1 aliphatic rings. The zero-order chi connectivity index (χ0) is 14.9. The summed E-state index contributed by atoms with van der Waals surface area (Å²) in [5, 5.41) is 4.75. The van der Waals surface area contributed by atoms with Gasteiger partial charge in [0.25, 0.3) is 0 Å². The molecule has 114 valence electrons. The van der Waals surface area contributed by atoms with Gasteiger partial charge in [-0.15, -0.1) is 0 Å². The van der Waals surface area contributed by atoms with Crippen LogP contribution in [0.2, 0.25) is 0 Å². The van der Waals surface area contributed by atoms with E-state index in [0.717, 1.165) is 23.1 Å². The summed E-state index contributed by atoms with van der Waals surface area (Å²) < 4.78 is 1.29. The molecule has 2 aromatic rings. The highest BCUT2D eigenvalue weighted by atomic mass is 32.1. The minimum atomic E-state index is 0.501. The van der Waals surface area contributed by atoms with E-state index < -0.39 is 0 Å². The van der Waals surface area contributed by atoms with Crippen LogP contribution in [0.1, 0.15) is 51.5 Å². The SMILES string of the molecule is Cc1cccc2sc(NCC3(CC(C)C)CCCC3)nc12. The van der Waals surface area contributed by atoms with Gasteiger partial charge in [0.2, 0.25) is 0 Å². The molecule has 3 heteroatoms. The summed E-state index contributed by atoms with van der Waals surface area (Å²) >= 11 is 1.79. The number of anilines is 1. The van der Waals surface area contributed by atoms with Crippen LogP contribution in [0.4, 0.5) is 5.13 Å². The Labute approximate surface area is 132 Å². The lowest BCUT2D eigenvalue weighted by Gasteiger charge is -2.31. The lowest BCUT2D eigenvalue weighted by Crippen LogP contribution is -2.28. The number of aryl methyl sites for hydroxylation is 1. The summed E-state index contributed by atoms with van der Waals surface area (Å²) in [5.74, 6) is 0.780. The van der Waals surface area contributed by atoms with Gasteiger partial charge in [-0.3, -0.25) is 0 Å². The summed E-state index contributed by atoms with van der Waals surface area (Å²) in [7, 11) is 0. The Kier molecular flexibility index (Phi) is 4.21. The van der Waals surface area contributed by atoms with E-state index >= 15 is 0 Å². The lowest BCUT2D eigenvalue weighted by atomic mass is 9.78. The summed E-state index contributed by atoms with van der Waals surface area (Å²) in [4.78, 5) is 4.79. The Bertz CT molecular complexity index is 609. The van der Waals surface area contributed by atoms with Gasteiger partial charge in [-0.25, -0.2) is 4.98 Å². The molecule has 0 radical (unpaired) electrons. The quantitative estimate of drug-likeness (QED) is 0.775. The molecular weight excluding hydrogens is 276 g/mol. The molecule has 2 nitrogen and oxygen atoms in total. The van der Waals surface area contributed by atoms with E-state index in [-0.39, 0.29) is 0 Å². The maximum Gasteiger partial charge on any atom is 0.183 e. The molecule has 0 aliphatic heterocycles. The van der Waals surface area contributed by atoms with E-state index in [9.17, 15) is 0 Å². The zero-order valence-electron chi connectivity index (χ0n) is 13.4. The van der Waals surface area contributed by atoms with E-state index in [4.69, 9.17) is 4.98 Å². The second-order valence-electron chi connectivity index (χ2n) is 7.10. The van der Waals surface area contributed by atoms with Crippen LogP contribution >= 0.6 is 11.3 Å². The number of rotatable bonds is 5. The van der Waals surface area contributed by atoms with E-state index in [1.807, 2.05) is 0 Å². The Balaban J connectivity index is 1.74. The van der Waals surface area contributed by atoms with Crippen LogP contribution in [-0.2, 0) is 0 Å². The number of thiazole rings is 1. The highest BCUT2D eigenvalue weighted by Gasteiger charge is 2.34. The third kappa shape index (κ3) is 3.23. The number of benzene rings is 1. The number of hydrogen-bond acceptors (Lipinski definition) is 3. The van der Waals surface area contributed by atoms with Gasteiger partial charge >= 0.3 is 0 Å². The van der Waals surface area contributed by atoms with Crippen LogP contribution in [0.15, 0.2) is 18.2 Å². The van der Waals surface area contributed by atoms with Gasteiger partial charge in [0.1, 0.15) is 0 Å². The van der Waals surface area contributed by atoms with Crippen molar-refractivity contribution in [2.45, 2.75) is 52.9 Å². The molecule has 0 unspecified atom stereocenters. The lowest BCUT2D eigenvalue weighted by molar-refractivity contribution is 0.252. The smallest absolute Gasteiger partial charge is 0.183 e. The molecule has 1 aromatic heterocycles. The summed E-state index contributed by atoms with van der Waals surface area (Å²) in [6, 6.07) is 6.44. The van der Waals surface area contributed by atoms with Crippen molar-refractivity contribution in [2.24, 2.45) is 11.3 Å². The third-order valence-corrected chi connectivity index (χ3v) is 5.72. The normalized spacial score (nSPS) is 17.7. The molecule has 1 aromatic carbocycles. The topological polar surface area (TPSA) is 24.9 Å². The van der Waals surface area contributed by atoms with Crippen molar-refractivity contribution >= 4 is 26.7 Å². The Morgan fingerprint density at radius 2 is 2.05 bits per heavy atom. The fraction of sp³-hybridized carbons (Fsp3) is 0.611. The molecule has 0 saturated heterocycles. The summed E-state index contributed by atoms with van der Waals surface area (Å²) in [6.45, 7) is 7.93. The van der Waals surface area contributed by atoms with E-state index in [1.165, 1.54) is 42.4 Å². The minimum absolute atomic E-state index is 0.501. The van der Waals surface area contributed by atoms with Crippen molar-refractivity contribution < 1.29 is 0 Å². The second-order valence-corrected chi connectivity index (χ2v) is 8.13. The van der Waals surface area contributed by atoms with Gasteiger partial charge in [0.05, 0.1) is 10.2 Å². The molecule has 1 saturated carbocycles. The molecule has 0 spiro atoms. The van der Waals surface area contributed by atoms with Gasteiger partial charge in [0.15, 0.2) is 5.13 Å². The summed E-state index contributed by atoms with van der Waals surface area (Å²) in [6.07, 6.45) is 6.88. The van der Waals surface area contributed by atoms with Gasteiger partial charge in [0, 0.05) is 6.54 Å². The second kappa shape index (κ2) is 5.96. The largest absolute Gasteiger partial charge is 0.361 e. The average molecular weight is 302 g/mol. The molecule has 3 rings (SSSR count). The van der Waals surface area contributed by atoms with Crippen molar-refractivity contribution in [3.05, 3.63) is 23.8 Å². The first-order valence-corrected chi connectivity index (χ1v) is 9.00. The van der Waals surface area contributed by atoms with Crippen LogP contribution in [0, 0.1) is 18.3 Å². The first-order chi connectivity index (χ1) is 10.1. The van der Waals surface area contributed by atoms with Crippen LogP contribution < -0.4 is 5.32 Å². The molecule has 0 amide bonds. The first-order valence-electron chi connectivity index (χ1n) is 8.18. The molecule has 1 heterocycles. The predicted octanol–water partition coefficient (Wildman–Crippen LogP) is 5.62. The molecule has 1 fully saturated rings. The van der Waals surface area contributed by atoms with Crippen molar-refractivity contribution in [3.63, 3.8) is 0 Å². The van der Waals surface area contributed by atoms with Crippen LogP contribution in [0.3, 0.4) is 0 Å². The summed E-state index contributed by atoms with van der Waals surface area (Å²) in [5.41, 5.74) is 2.94. The highest BCUT2D eigenvalue weighted by molar-refractivity contribution is 7.22. The van der Waals surface area contributed by atoms with E-state index in [0.29, 0.717) is 5.41 Å². The fourth-order valence-corrected chi connectivity index (χ4v) is 4.81. The zero-order valence-corrected chi connectivity index (χ0v) is 14.2. The van der Waals surface area contributed by atoms with E-state index in [2.05, 4.69) is 44.3 Å². The third-order valence-electron chi connectivity index (χ3n) is 4.74. The minimum Gasteiger partial charge on any atom is -0.361 e. The maximum atomic E-state index is 4.79. The van der Waals surface area contributed by atoms with Gasteiger partial charge < -0.3 is 5.32 Å². The molecule has 0 atom stereocenters. The molecule has 1 N–H and O–H groups in total. The number of aromatic nitrogens is 1. The van der Waals surface area contributed by atoms with Gasteiger partial charge in [-0.1, -0.05) is 50.2 Å². The Morgan fingerprint density at radius 3 is 2.71 bits per heavy atom. The Hall–Kier alpha value is -1.09. The predicted molar refractivity (Wildman–Crippen MR) is 93.2 cm³/mol. The van der Waals surface area contributed by atoms with Gasteiger partial charge in [-0.05, 0) is 49.1 Å². The molecule has 1 aliphatic carbocycles. The van der Waals surface area contributed by atoms with Crippen molar-refractivity contribution in [2.75, 3.05) is 11.9 Å². The van der Waals surface area contributed by atoms with Crippen LogP contribution in [-0.4, -0.2) is 11.5 Å². The van der Waals surface area contributed by atoms with E-state index in [1.54, 1.807) is 11.3 Å². The number of nitrogens with one attached hydrogen (secondary N) is 1. The highest BCUT2D eigenvalue weighted by Crippen LogP contribution is 2.43. The number of para-hydroxylation sites is 1. The maximum absolute atomic E-state index is 4.79. The van der Waals surface area contributed by atoms with Crippen molar-refractivity contribution in [1.29, 1.82) is 0 Å². The molecular formula is C18H26N2S. The van der Waals surface area contributed by atoms with Crippen LogP contribution in [0.5, 0.6) is 0 Å². The first kappa shape index (κ1) is 14.8. The van der Waals surface area contributed by atoms with Crippen molar-refractivity contribution in [3.8, 4) is 0 Å². The monoisotopic (exact) mass is 302 g/mol. The van der Waals surface area contributed by atoms with Gasteiger partial charge in [-0.2, -0.15) is 0 Å². The Morgan fingerprint density at radius 1 is 1.29 bits per heavy atom. The number of hydrogen-bond donors (Lipinski definition) is 1.